The zero-order valence-corrected chi connectivity index (χ0v) is 7.49. The van der Waals surface area contributed by atoms with E-state index in [9.17, 15) is 0 Å². The van der Waals surface area contributed by atoms with Crippen molar-refractivity contribution in [2.75, 3.05) is 17.3 Å². The summed E-state index contributed by atoms with van der Waals surface area (Å²) in [5.74, 6) is 4.05. The fraction of sp³-hybridized carbons (Fsp3) is 0.857. The SMILES string of the molecule is C[C+]1CCCSCCS1. The maximum Gasteiger partial charge on any atom is 0.154 e. The summed E-state index contributed by atoms with van der Waals surface area (Å²) in [5, 5.41) is 1.63. The monoisotopic (exact) mass is 161 g/mol. The van der Waals surface area contributed by atoms with Crippen LogP contribution < -0.4 is 0 Å². The Morgan fingerprint density at radius 2 is 2.11 bits per heavy atom. The molecule has 0 amide bonds. The van der Waals surface area contributed by atoms with Gasteiger partial charge in [-0.3, -0.25) is 0 Å². The summed E-state index contributed by atoms with van der Waals surface area (Å²) in [7, 11) is 0. The minimum absolute atomic E-state index is 1.33. The Morgan fingerprint density at radius 1 is 1.22 bits per heavy atom. The minimum Gasteiger partial charge on any atom is -0.161 e. The molecule has 0 saturated carbocycles. The molecule has 1 saturated heterocycles. The minimum atomic E-state index is 1.33. The van der Waals surface area contributed by atoms with E-state index < -0.39 is 0 Å². The smallest absolute Gasteiger partial charge is 0.154 e. The first-order valence-electron chi connectivity index (χ1n) is 3.42. The Bertz CT molecular complexity index is 65.3. The lowest BCUT2D eigenvalue weighted by molar-refractivity contribution is 0.886. The Hall–Kier alpha value is 0.570. The van der Waals surface area contributed by atoms with E-state index in [0.29, 0.717) is 0 Å². The first kappa shape index (κ1) is 7.67. The zero-order valence-electron chi connectivity index (χ0n) is 5.85. The van der Waals surface area contributed by atoms with Crippen LogP contribution in [0.2, 0.25) is 0 Å². The molecule has 0 aromatic heterocycles. The Morgan fingerprint density at radius 3 is 3.00 bits per heavy atom. The largest absolute Gasteiger partial charge is 0.161 e. The highest BCUT2D eigenvalue weighted by Gasteiger charge is 2.16. The van der Waals surface area contributed by atoms with Gasteiger partial charge in [0.1, 0.15) is 6.42 Å². The maximum atomic E-state index is 2.26. The van der Waals surface area contributed by atoms with E-state index in [1.807, 2.05) is 11.8 Å². The van der Waals surface area contributed by atoms with Crippen LogP contribution in [-0.4, -0.2) is 17.3 Å². The van der Waals surface area contributed by atoms with Crippen molar-refractivity contribution in [2.24, 2.45) is 0 Å². The molecule has 0 N–H and O–H groups in total. The molecule has 0 spiro atoms. The van der Waals surface area contributed by atoms with Gasteiger partial charge in [-0.1, -0.05) is 0 Å². The maximum absolute atomic E-state index is 2.26. The molecule has 0 aliphatic carbocycles. The average molecular weight is 161 g/mol. The second-order valence-electron chi connectivity index (χ2n) is 2.27. The lowest BCUT2D eigenvalue weighted by atomic mass is 10.3. The third-order valence-corrected chi connectivity index (χ3v) is 3.83. The van der Waals surface area contributed by atoms with Gasteiger partial charge >= 0.3 is 0 Å². The van der Waals surface area contributed by atoms with E-state index in [2.05, 4.69) is 18.7 Å². The number of hydrogen-bond acceptors (Lipinski definition) is 2. The van der Waals surface area contributed by atoms with E-state index in [1.165, 1.54) is 30.1 Å². The molecule has 0 bridgehead atoms. The van der Waals surface area contributed by atoms with E-state index in [0.717, 1.165) is 0 Å². The van der Waals surface area contributed by atoms with Crippen LogP contribution >= 0.6 is 23.5 Å². The molecular formula is C7H13S2+. The molecule has 0 aromatic carbocycles. The topological polar surface area (TPSA) is 0 Å². The van der Waals surface area contributed by atoms with Crippen molar-refractivity contribution in [3.05, 3.63) is 5.25 Å². The van der Waals surface area contributed by atoms with Gasteiger partial charge in [0.25, 0.3) is 0 Å². The van der Waals surface area contributed by atoms with Gasteiger partial charge in [-0.15, -0.1) is 0 Å². The Kier molecular flexibility index (Phi) is 3.75. The molecule has 1 aliphatic heterocycles. The van der Waals surface area contributed by atoms with Crippen molar-refractivity contribution in [3.8, 4) is 0 Å². The molecule has 0 nitrogen and oxygen atoms in total. The van der Waals surface area contributed by atoms with Gasteiger partial charge in [-0.2, -0.15) is 11.8 Å². The molecule has 0 aromatic rings. The van der Waals surface area contributed by atoms with Gasteiger partial charge in [0, 0.05) is 11.5 Å². The summed E-state index contributed by atoms with van der Waals surface area (Å²) in [6.45, 7) is 2.26. The predicted octanol–water partition coefficient (Wildman–Crippen LogP) is 2.80. The van der Waals surface area contributed by atoms with Crippen molar-refractivity contribution in [1.82, 2.24) is 0 Å². The number of hydrogen-bond donors (Lipinski definition) is 0. The molecular weight excluding hydrogens is 148 g/mol. The van der Waals surface area contributed by atoms with Gasteiger partial charge in [0.05, 0.1) is 18.7 Å². The summed E-state index contributed by atoms with van der Waals surface area (Å²) in [6, 6.07) is 0. The fourth-order valence-corrected chi connectivity index (χ4v) is 2.87. The molecule has 9 heavy (non-hydrogen) atoms. The molecule has 1 fully saturated rings. The lowest BCUT2D eigenvalue weighted by Crippen LogP contribution is -1.97. The molecule has 52 valence electrons. The summed E-state index contributed by atoms with van der Waals surface area (Å²) < 4.78 is 0. The van der Waals surface area contributed by atoms with Crippen molar-refractivity contribution in [2.45, 2.75) is 19.8 Å². The van der Waals surface area contributed by atoms with Crippen LogP contribution in [-0.2, 0) is 0 Å². The Balaban J connectivity index is 2.12. The van der Waals surface area contributed by atoms with Crippen molar-refractivity contribution < 1.29 is 0 Å². The van der Waals surface area contributed by atoms with Crippen LogP contribution in [0.4, 0.5) is 0 Å². The molecule has 0 unspecified atom stereocenters. The summed E-state index contributed by atoms with van der Waals surface area (Å²) in [6.07, 6.45) is 2.74. The van der Waals surface area contributed by atoms with E-state index >= 15 is 0 Å². The van der Waals surface area contributed by atoms with Crippen LogP contribution in [0.15, 0.2) is 0 Å². The van der Waals surface area contributed by atoms with Crippen LogP contribution in [0, 0.1) is 5.25 Å². The van der Waals surface area contributed by atoms with Crippen LogP contribution in [0.25, 0.3) is 0 Å². The molecule has 0 atom stereocenters. The van der Waals surface area contributed by atoms with Gasteiger partial charge in [-0.05, 0) is 12.2 Å². The van der Waals surface area contributed by atoms with E-state index in [4.69, 9.17) is 0 Å². The molecule has 0 radical (unpaired) electrons. The van der Waals surface area contributed by atoms with Crippen molar-refractivity contribution >= 4 is 23.5 Å². The van der Waals surface area contributed by atoms with Crippen LogP contribution in [0.5, 0.6) is 0 Å². The Labute approximate surface area is 66.2 Å². The van der Waals surface area contributed by atoms with Crippen LogP contribution in [0.3, 0.4) is 0 Å². The molecule has 1 rings (SSSR count). The predicted molar refractivity (Wildman–Crippen MR) is 47.9 cm³/mol. The molecule has 2 heteroatoms. The summed E-state index contributed by atoms with van der Waals surface area (Å²) in [5.41, 5.74) is 0. The van der Waals surface area contributed by atoms with Crippen molar-refractivity contribution in [1.29, 1.82) is 0 Å². The van der Waals surface area contributed by atoms with Crippen LogP contribution in [0.1, 0.15) is 19.8 Å². The second-order valence-corrected chi connectivity index (χ2v) is 4.88. The van der Waals surface area contributed by atoms with Crippen molar-refractivity contribution in [3.63, 3.8) is 0 Å². The van der Waals surface area contributed by atoms with Gasteiger partial charge < -0.3 is 0 Å². The quantitative estimate of drug-likeness (QED) is 0.501. The molecule has 1 aliphatic rings. The van der Waals surface area contributed by atoms with Gasteiger partial charge in [0.2, 0.25) is 0 Å². The third kappa shape index (κ3) is 3.31. The summed E-state index contributed by atoms with van der Waals surface area (Å²) in [4.78, 5) is 0. The van der Waals surface area contributed by atoms with E-state index in [1.54, 1.807) is 5.25 Å². The van der Waals surface area contributed by atoms with Gasteiger partial charge in [0.15, 0.2) is 5.25 Å². The lowest BCUT2D eigenvalue weighted by Gasteiger charge is -2.04. The second kappa shape index (κ2) is 4.40. The third-order valence-electron chi connectivity index (χ3n) is 1.39. The average Bonchev–Trinajstić information content (AvgIpc) is 1.79. The fourth-order valence-electron chi connectivity index (χ4n) is 0.872. The number of rotatable bonds is 0. The first-order chi connectivity index (χ1) is 4.39. The zero-order chi connectivity index (χ0) is 6.53. The standard InChI is InChI=1S/C7H13S2/c1-7-3-2-4-8-5-6-9-7/h2-6H2,1H3/q+1. The first-order valence-corrected chi connectivity index (χ1v) is 5.56. The highest BCUT2D eigenvalue weighted by Crippen LogP contribution is 2.27. The van der Waals surface area contributed by atoms with Gasteiger partial charge in [-0.25, -0.2) is 0 Å². The number of thioether (sulfide) groups is 2. The summed E-state index contributed by atoms with van der Waals surface area (Å²) >= 11 is 4.14. The normalized spacial score (nSPS) is 23.0. The van der Waals surface area contributed by atoms with E-state index in [-0.39, 0.29) is 0 Å². The highest BCUT2D eigenvalue weighted by molar-refractivity contribution is 8.04. The highest BCUT2D eigenvalue weighted by atomic mass is 32.2. The molecule has 1 heterocycles.